The van der Waals surface area contributed by atoms with Gasteiger partial charge in [0.25, 0.3) is 0 Å². The molecular formula is C13H26N2O3. The fourth-order valence-corrected chi connectivity index (χ4v) is 1.91. The van der Waals surface area contributed by atoms with Crippen LogP contribution in [-0.2, 0) is 4.74 Å². The molecule has 0 bridgehead atoms. The molecule has 2 N–H and O–H groups in total. The number of nitrogens with one attached hydrogen (secondary N) is 1. The van der Waals surface area contributed by atoms with Gasteiger partial charge in [-0.3, -0.25) is 0 Å². The van der Waals surface area contributed by atoms with E-state index in [-0.39, 0.29) is 18.2 Å². The summed E-state index contributed by atoms with van der Waals surface area (Å²) in [6.07, 6.45) is 2.88. The van der Waals surface area contributed by atoms with Gasteiger partial charge in [0.15, 0.2) is 0 Å². The van der Waals surface area contributed by atoms with Crippen LogP contribution in [0.25, 0.3) is 0 Å². The highest BCUT2D eigenvalue weighted by Crippen LogP contribution is 2.30. The van der Waals surface area contributed by atoms with Crippen LogP contribution in [0.3, 0.4) is 0 Å². The first kappa shape index (κ1) is 15.2. The predicted molar refractivity (Wildman–Crippen MR) is 70.5 cm³/mol. The lowest BCUT2D eigenvalue weighted by Crippen LogP contribution is -2.55. The third-order valence-electron chi connectivity index (χ3n) is 3.27. The van der Waals surface area contributed by atoms with E-state index in [0.717, 1.165) is 19.3 Å². The standard InChI is InChI=1S/C13H26N2O3/c1-12(2,3)18-11(17)15(4)9-8-14-13(10-16)6-5-7-13/h14,16H,5-10H2,1-4H3. The Morgan fingerprint density at radius 2 is 2.06 bits per heavy atom. The number of carbonyl (C=O) groups is 1. The number of rotatable bonds is 5. The molecule has 0 aromatic carbocycles. The molecule has 1 rings (SSSR count). The molecule has 0 aromatic heterocycles. The van der Waals surface area contributed by atoms with Gasteiger partial charge in [-0.05, 0) is 40.0 Å². The summed E-state index contributed by atoms with van der Waals surface area (Å²) in [7, 11) is 1.72. The molecule has 1 aliphatic carbocycles. The fraction of sp³-hybridized carbons (Fsp3) is 0.923. The summed E-state index contributed by atoms with van der Waals surface area (Å²) >= 11 is 0. The average Bonchev–Trinajstić information content (AvgIpc) is 2.19. The number of ether oxygens (including phenoxy) is 1. The van der Waals surface area contributed by atoms with Crippen molar-refractivity contribution in [2.75, 3.05) is 26.7 Å². The van der Waals surface area contributed by atoms with Crippen LogP contribution in [0.5, 0.6) is 0 Å². The third-order valence-corrected chi connectivity index (χ3v) is 3.27. The zero-order chi connectivity index (χ0) is 13.8. The van der Waals surface area contributed by atoms with E-state index in [1.807, 2.05) is 20.8 Å². The van der Waals surface area contributed by atoms with Crippen molar-refractivity contribution in [1.82, 2.24) is 10.2 Å². The molecule has 0 spiro atoms. The van der Waals surface area contributed by atoms with Gasteiger partial charge < -0.3 is 20.1 Å². The first-order chi connectivity index (χ1) is 8.28. The van der Waals surface area contributed by atoms with E-state index in [1.54, 1.807) is 11.9 Å². The van der Waals surface area contributed by atoms with Crippen molar-refractivity contribution in [2.45, 2.75) is 51.2 Å². The average molecular weight is 258 g/mol. The minimum Gasteiger partial charge on any atom is -0.444 e. The molecule has 0 saturated heterocycles. The second kappa shape index (κ2) is 5.89. The summed E-state index contributed by atoms with van der Waals surface area (Å²) in [5.41, 5.74) is -0.562. The first-order valence-electron chi connectivity index (χ1n) is 6.58. The Bertz CT molecular complexity index is 277. The van der Waals surface area contributed by atoms with Gasteiger partial charge in [0.1, 0.15) is 5.60 Å². The van der Waals surface area contributed by atoms with Crippen molar-refractivity contribution in [3.8, 4) is 0 Å². The quantitative estimate of drug-likeness (QED) is 0.781. The van der Waals surface area contributed by atoms with Crippen molar-refractivity contribution in [2.24, 2.45) is 0 Å². The minimum absolute atomic E-state index is 0.102. The Balaban J connectivity index is 2.24. The van der Waals surface area contributed by atoms with Crippen LogP contribution in [0.2, 0.25) is 0 Å². The zero-order valence-corrected chi connectivity index (χ0v) is 12.0. The van der Waals surface area contributed by atoms with Crippen molar-refractivity contribution in [1.29, 1.82) is 0 Å². The molecule has 1 amide bonds. The lowest BCUT2D eigenvalue weighted by molar-refractivity contribution is 0.0284. The van der Waals surface area contributed by atoms with Crippen LogP contribution < -0.4 is 5.32 Å². The SMILES string of the molecule is CN(CCNC1(CO)CCC1)C(=O)OC(C)(C)C. The topological polar surface area (TPSA) is 61.8 Å². The summed E-state index contributed by atoms with van der Waals surface area (Å²) in [4.78, 5) is 13.3. The number of nitrogens with zero attached hydrogens (tertiary/aromatic N) is 1. The van der Waals surface area contributed by atoms with Gasteiger partial charge in [-0.25, -0.2) is 4.79 Å². The molecule has 18 heavy (non-hydrogen) atoms. The third kappa shape index (κ3) is 4.46. The lowest BCUT2D eigenvalue weighted by atomic mass is 9.77. The van der Waals surface area contributed by atoms with Crippen LogP contribution in [0.1, 0.15) is 40.0 Å². The summed E-state index contributed by atoms with van der Waals surface area (Å²) < 4.78 is 5.26. The van der Waals surface area contributed by atoms with Crippen molar-refractivity contribution < 1.29 is 14.6 Å². The summed E-state index contributed by atoms with van der Waals surface area (Å²) in [5, 5.41) is 12.6. The highest BCUT2D eigenvalue weighted by Gasteiger charge is 2.35. The highest BCUT2D eigenvalue weighted by atomic mass is 16.6. The molecule has 1 aliphatic rings. The summed E-state index contributed by atoms with van der Waals surface area (Å²) in [5.74, 6) is 0. The Hall–Kier alpha value is -0.810. The van der Waals surface area contributed by atoms with E-state index in [4.69, 9.17) is 4.74 Å². The predicted octanol–water partition coefficient (Wildman–Crippen LogP) is 1.36. The van der Waals surface area contributed by atoms with E-state index >= 15 is 0 Å². The second-order valence-electron chi connectivity index (χ2n) is 6.12. The molecule has 0 unspecified atom stereocenters. The number of likely N-dealkylation sites (N-methyl/N-ethyl adjacent to an activating group) is 1. The monoisotopic (exact) mass is 258 g/mol. The van der Waals surface area contributed by atoms with Crippen molar-refractivity contribution in [3.63, 3.8) is 0 Å². The Kier molecular flexibility index (Phi) is 4.99. The van der Waals surface area contributed by atoms with Gasteiger partial charge in [0.05, 0.1) is 6.61 Å². The van der Waals surface area contributed by atoms with Gasteiger partial charge >= 0.3 is 6.09 Å². The van der Waals surface area contributed by atoms with Gasteiger partial charge in [0.2, 0.25) is 0 Å². The van der Waals surface area contributed by atoms with Gasteiger partial charge in [-0.2, -0.15) is 0 Å². The van der Waals surface area contributed by atoms with Crippen LogP contribution in [0.4, 0.5) is 4.79 Å². The van der Waals surface area contributed by atoms with Gasteiger partial charge in [-0.15, -0.1) is 0 Å². The fourth-order valence-electron chi connectivity index (χ4n) is 1.91. The van der Waals surface area contributed by atoms with E-state index in [2.05, 4.69) is 5.32 Å². The normalized spacial score (nSPS) is 18.1. The molecule has 0 atom stereocenters. The summed E-state index contributed by atoms with van der Waals surface area (Å²) in [6.45, 7) is 6.99. The first-order valence-corrected chi connectivity index (χ1v) is 6.58. The molecule has 106 valence electrons. The van der Waals surface area contributed by atoms with Crippen LogP contribution in [0, 0.1) is 0 Å². The van der Waals surface area contributed by atoms with Crippen molar-refractivity contribution >= 4 is 6.09 Å². The van der Waals surface area contributed by atoms with E-state index < -0.39 is 5.60 Å². The Labute approximate surface area is 109 Å². The smallest absolute Gasteiger partial charge is 0.410 e. The van der Waals surface area contributed by atoms with Gasteiger partial charge in [0, 0.05) is 25.7 Å². The Morgan fingerprint density at radius 3 is 2.44 bits per heavy atom. The molecular weight excluding hydrogens is 232 g/mol. The van der Waals surface area contributed by atoms with Crippen LogP contribution in [-0.4, -0.2) is 54.0 Å². The molecule has 0 radical (unpaired) electrons. The molecule has 1 fully saturated rings. The molecule has 5 nitrogen and oxygen atoms in total. The largest absolute Gasteiger partial charge is 0.444 e. The number of aliphatic hydroxyl groups excluding tert-OH is 1. The molecule has 0 aromatic rings. The molecule has 1 saturated carbocycles. The number of amides is 1. The van der Waals surface area contributed by atoms with E-state index in [0.29, 0.717) is 13.1 Å². The maximum absolute atomic E-state index is 11.7. The second-order valence-corrected chi connectivity index (χ2v) is 6.12. The van der Waals surface area contributed by atoms with Crippen LogP contribution >= 0.6 is 0 Å². The zero-order valence-electron chi connectivity index (χ0n) is 12.0. The van der Waals surface area contributed by atoms with Crippen molar-refractivity contribution in [3.05, 3.63) is 0 Å². The van der Waals surface area contributed by atoms with E-state index in [1.165, 1.54) is 0 Å². The number of hydrogen-bond acceptors (Lipinski definition) is 4. The van der Waals surface area contributed by atoms with Crippen LogP contribution in [0.15, 0.2) is 0 Å². The molecule has 0 aliphatic heterocycles. The summed E-state index contributed by atoms with van der Waals surface area (Å²) in [6, 6.07) is 0. The molecule has 0 heterocycles. The Morgan fingerprint density at radius 1 is 1.44 bits per heavy atom. The number of carbonyl (C=O) groups excluding carboxylic acids is 1. The van der Waals surface area contributed by atoms with E-state index in [9.17, 15) is 9.90 Å². The number of hydrogen-bond donors (Lipinski definition) is 2. The minimum atomic E-state index is -0.459. The maximum Gasteiger partial charge on any atom is 0.410 e. The molecule has 5 heteroatoms. The highest BCUT2D eigenvalue weighted by molar-refractivity contribution is 5.67. The maximum atomic E-state index is 11.7. The lowest BCUT2D eigenvalue weighted by Gasteiger charge is -2.41. The number of aliphatic hydroxyl groups is 1. The van der Waals surface area contributed by atoms with Gasteiger partial charge in [-0.1, -0.05) is 0 Å².